The van der Waals surface area contributed by atoms with Gasteiger partial charge in [0.15, 0.2) is 5.05 Å². The minimum Gasteiger partial charge on any atom is -0.499 e. The molecule has 0 unspecified atom stereocenters. The highest BCUT2D eigenvalue weighted by molar-refractivity contribution is 7.80. The van der Waals surface area contributed by atoms with E-state index in [4.69, 9.17) is 5.11 Å². The second kappa shape index (κ2) is 15.7. The fraction of sp³-hybridized carbons (Fsp3) is 0.824. The molecule has 0 heterocycles. The van der Waals surface area contributed by atoms with Crippen LogP contribution in [0.1, 0.15) is 91.4 Å². The van der Waals surface area contributed by atoms with Gasteiger partial charge in [0, 0.05) is 0 Å². The van der Waals surface area contributed by atoms with Gasteiger partial charge in [-0.2, -0.15) is 0 Å². The maximum absolute atomic E-state index is 9.01. The van der Waals surface area contributed by atoms with Crippen LogP contribution in [-0.2, 0) is 0 Å². The fourth-order valence-corrected chi connectivity index (χ4v) is 2.21. The van der Waals surface area contributed by atoms with Crippen LogP contribution >= 0.6 is 12.2 Å². The largest absolute Gasteiger partial charge is 0.499 e. The van der Waals surface area contributed by atoms with Crippen LogP contribution in [-0.4, -0.2) is 10.2 Å². The van der Waals surface area contributed by atoms with E-state index in [-0.39, 0.29) is 12.5 Å². The Bertz CT molecular complexity index is 223. The van der Waals surface area contributed by atoms with E-state index in [1.54, 1.807) is 0 Å². The van der Waals surface area contributed by atoms with Gasteiger partial charge in [-0.1, -0.05) is 85.1 Å². The fourth-order valence-electron chi connectivity index (χ4n) is 2.11. The second-order valence-electron chi connectivity index (χ2n) is 5.19. The third kappa shape index (κ3) is 15.6. The monoisotopic (exact) mass is 286 g/mol. The Morgan fingerprint density at radius 3 is 1.58 bits per heavy atom. The normalized spacial score (nSPS) is 9.95. The molecule has 0 atom stereocenters. The average Bonchev–Trinajstić information content (AvgIpc) is 2.35. The Kier molecular flexibility index (Phi) is 17.3. The zero-order valence-electron chi connectivity index (χ0n) is 12.0. The van der Waals surface area contributed by atoms with Gasteiger partial charge in [-0.3, -0.25) is 0 Å². The number of hydrogen-bond donors (Lipinski definition) is 1. The Hall–Kier alpha value is -0.370. The van der Waals surface area contributed by atoms with Gasteiger partial charge < -0.3 is 5.11 Å². The number of unbranched alkanes of at least 4 members (excludes halogenated alkanes) is 10. The molecule has 19 heavy (non-hydrogen) atoms. The molecule has 0 bridgehead atoms. The van der Waals surface area contributed by atoms with Crippen molar-refractivity contribution in [1.82, 2.24) is 0 Å². The molecule has 0 aliphatic rings. The lowest BCUT2D eigenvalue weighted by Gasteiger charge is -2.03. The Morgan fingerprint density at radius 2 is 1.21 bits per heavy atom. The summed E-state index contributed by atoms with van der Waals surface area (Å²) in [7, 11) is 0. The first-order valence-corrected chi connectivity index (χ1v) is 8.00. The first-order valence-electron chi connectivity index (χ1n) is 7.59. The summed E-state index contributed by atoms with van der Waals surface area (Å²) >= 11 is 4.65. The van der Waals surface area contributed by atoms with E-state index in [1.165, 1.54) is 64.2 Å². The molecular formula is C17H34OS. The van der Waals surface area contributed by atoms with Gasteiger partial charge >= 0.3 is 0 Å². The molecule has 0 aromatic carbocycles. The number of hydrogen-bond acceptors (Lipinski definition) is 1. The van der Waals surface area contributed by atoms with Crippen LogP contribution in [0, 0.1) is 0 Å². The lowest BCUT2D eigenvalue weighted by atomic mass is 10.0. The summed E-state index contributed by atoms with van der Waals surface area (Å²) in [5.74, 6) is 0. The zero-order chi connectivity index (χ0) is 13.6. The Balaban J connectivity index is 0. The highest BCUT2D eigenvalue weighted by Gasteiger charge is 1.99. The molecule has 0 amide bonds. The van der Waals surface area contributed by atoms with E-state index in [9.17, 15) is 0 Å². The first-order chi connectivity index (χ1) is 8.68. The Morgan fingerprint density at radius 1 is 0.842 bits per heavy atom. The van der Waals surface area contributed by atoms with Crippen molar-refractivity contribution in [3.05, 3.63) is 12.2 Å². The van der Waals surface area contributed by atoms with Gasteiger partial charge in [0.2, 0.25) is 0 Å². The van der Waals surface area contributed by atoms with Crippen molar-refractivity contribution in [3.63, 3.8) is 0 Å². The minimum absolute atomic E-state index is 0. The number of aliphatic hydroxyl groups excluding tert-OH is 1. The summed E-state index contributed by atoms with van der Waals surface area (Å²) in [6.07, 6.45) is 15.6. The van der Waals surface area contributed by atoms with E-state index in [1.807, 2.05) is 0 Å². The smallest absolute Gasteiger partial charge is 0.183 e. The van der Waals surface area contributed by atoms with Gasteiger partial charge in [0.25, 0.3) is 0 Å². The molecule has 0 saturated heterocycles. The molecule has 0 aliphatic heterocycles. The molecular weight excluding hydrogens is 252 g/mol. The average molecular weight is 287 g/mol. The van der Waals surface area contributed by atoms with Crippen molar-refractivity contribution < 1.29 is 5.11 Å². The zero-order valence-corrected chi connectivity index (χ0v) is 12.9. The molecule has 0 rings (SSSR count). The van der Waals surface area contributed by atoms with Crippen LogP contribution in [0.4, 0.5) is 0 Å². The van der Waals surface area contributed by atoms with Gasteiger partial charge in [0.05, 0.1) is 0 Å². The predicted molar refractivity (Wildman–Crippen MR) is 92.2 cm³/mol. The number of thiocarbonyl (C=S) groups is 1. The topological polar surface area (TPSA) is 20.2 Å². The van der Waals surface area contributed by atoms with Crippen LogP contribution in [0.15, 0.2) is 12.2 Å². The quantitative estimate of drug-likeness (QED) is 0.229. The van der Waals surface area contributed by atoms with Crippen LogP contribution in [0.3, 0.4) is 0 Å². The second-order valence-corrected chi connectivity index (χ2v) is 5.58. The van der Waals surface area contributed by atoms with Crippen molar-refractivity contribution >= 4 is 17.3 Å². The van der Waals surface area contributed by atoms with E-state index in [2.05, 4.69) is 25.7 Å². The summed E-state index contributed by atoms with van der Waals surface area (Å²) < 4.78 is 0. The molecule has 0 fully saturated rings. The highest BCUT2D eigenvalue weighted by atomic mass is 32.1. The van der Waals surface area contributed by atoms with Crippen molar-refractivity contribution in [3.8, 4) is 0 Å². The van der Waals surface area contributed by atoms with Crippen LogP contribution in [0.5, 0.6) is 0 Å². The SMILES string of the molecule is C.C=C(CCCCCCCCCCCCC)C(O)=S. The lowest BCUT2D eigenvalue weighted by molar-refractivity contribution is 0.544. The van der Waals surface area contributed by atoms with Crippen molar-refractivity contribution in [2.24, 2.45) is 0 Å². The third-order valence-corrected chi connectivity index (χ3v) is 3.67. The van der Waals surface area contributed by atoms with Gasteiger partial charge in [-0.15, -0.1) is 0 Å². The van der Waals surface area contributed by atoms with Gasteiger partial charge in [-0.05, 0) is 30.6 Å². The third-order valence-electron chi connectivity index (χ3n) is 3.38. The summed E-state index contributed by atoms with van der Waals surface area (Å²) in [5, 5.41) is 9.00. The predicted octanol–water partition coefficient (Wildman–Crippen LogP) is 6.77. The van der Waals surface area contributed by atoms with E-state index >= 15 is 0 Å². The molecule has 114 valence electrons. The van der Waals surface area contributed by atoms with Crippen molar-refractivity contribution in [2.45, 2.75) is 91.4 Å². The van der Waals surface area contributed by atoms with Crippen LogP contribution in [0.2, 0.25) is 0 Å². The summed E-state index contributed by atoms with van der Waals surface area (Å²) in [4.78, 5) is 0. The van der Waals surface area contributed by atoms with E-state index < -0.39 is 0 Å². The van der Waals surface area contributed by atoms with E-state index in [0.717, 1.165) is 18.4 Å². The number of aliphatic hydroxyl groups is 1. The minimum atomic E-state index is -0.0120. The molecule has 0 spiro atoms. The molecule has 0 aliphatic carbocycles. The lowest BCUT2D eigenvalue weighted by Crippen LogP contribution is -1.95. The number of rotatable bonds is 13. The Labute approximate surface area is 126 Å². The standard InChI is InChI=1S/C16H30OS.CH4/c1-3-4-5-6-7-8-9-10-11-12-13-14-15(2)16(17)18;/h2-14H2,1H3,(H,17,18);1H4. The van der Waals surface area contributed by atoms with Crippen molar-refractivity contribution in [2.75, 3.05) is 0 Å². The van der Waals surface area contributed by atoms with Crippen molar-refractivity contribution in [1.29, 1.82) is 0 Å². The molecule has 1 nitrogen and oxygen atoms in total. The summed E-state index contributed by atoms with van der Waals surface area (Å²) in [6.45, 7) is 6.01. The van der Waals surface area contributed by atoms with Crippen LogP contribution in [0.25, 0.3) is 0 Å². The highest BCUT2D eigenvalue weighted by Crippen LogP contribution is 2.13. The van der Waals surface area contributed by atoms with Crippen LogP contribution < -0.4 is 0 Å². The maximum atomic E-state index is 9.01. The molecule has 0 saturated carbocycles. The van der Waals surface area contributed by atoms with E-state index in [0.29, 0.717) is 0 Å². The molecule has 0 aromatic heterocycles. The first kappa shape index (κ1) is 20.9. The summed E-state index contributed by atoms with van der Waals surface area (Å²) in [5.41, 5.74) is 0.723. The molecule has 2 heteroatoms. The molecule has 0 radical (unpaired) electrons. The van der Waals surface area contributed by atoms with Gasteiger partial charge in [-0.25, -0.2) is 0 Å². The summed E-state index contributed by atoms with van der Waals surface area (Å²) in [6, 6.07) is 0. The maximum Gasteiger partial charge on any atom is 0.183 e. The molecule has 1 N–H and O–H groups in total. The molecule has 0 aromatic rings. The van der Waals surface area contributed by atoms with Gasteiger partial charge in [0.1, 0.15) is 0 Å².